The molecular weight excluding hydrogens is 342 g/mol. The third-order valence-corrected chi connectivity index (χ3v) is 5.98. The van der Waals surface area contributed by atoms with E-state index in [9.17, 15) is 0 Å². The maximum Gasteiger partial charge on any atom is 0.120 e. The summed E-state index contributed by atoms with van der Waals surface area (Å²) in [4.78, 5) is 2.38. The molecule has 0 N–H and O–H groups in total. The molecule has 2 nitrogen and oxygen atoms in total. The van der Waals surface area contributed by atoms with Gasteiger partial charge < -0.3 is 9.64 Å². The molecule has 0 unspecified atom stereocenters. The maximum absolute atomic E-state index is 6.10. The smallest absolute Gasteiger partial charge is 0.120 e. The molecule has 2 aromatic rings. The van der Waals surface area contributed by atoms with Crippen LogP contribution in [-0.4, -0.2) is 18.0 Å². The molecule has 0 bridgehead atoms. The van der Waals surface area contributed by atoms with Crippen molar-refractivity contribution in [1.29, 1.82) is 0 Å². The fourth-order valence-electron chi connectivity index (χ4n) is 3.98. The van der Waals surface area contributed by atoms with E-state index in [1.807, 2.05) is 0 Å². The van der Waals surface area contributed by atoms with Crippen LogP contribution in [-0.2, 0) is 18.4 Å². The van der Waals surface area contributed by atoms with Gasteiger partial charge in [-0.2, -0.15) is 0 Å². The van der Waals surface area contributed by atoms with Gasteiger partial charge in [0.25, 0.3) is 0 Å². The van der Waals surface area contributed by atoms with Crippen LogP contribution in [0.15, 0.2) is 60.3 Å². The van der Waals surface area contributed by atoms with Crippen LogP contribution in [0.1, 0.15) is 56.4 Å². The number of rotatable bonds is 5. The molecule has 0 aromatic heterocycles. The summed E-state index contributed by atoms with van der Waals surface area (Å²) in [6.45, 7) is 11.8. The van der Waals surface area contributed by atoms with Gasteiger partial charge in [-0.05, 0) is 83.0 Å². The Morgan fingerprint density at radius 2 is 1.75 bits per heavy atom. The molecule has 0 saturated carbocycles. The molecular formula is C26H31NO. The number of nitrogens with zero attached hydrogens (tertiary/aromatic N) is 1. The van der Waals surface area contributed by atoms with Crippen LogP contribution in [0.2, 0.25) is 0 Å². The standard InChI is InChI=1S/C26H31NO/c1-19-22(17-27-14-5-15-27)9-8-21-16-24(12-13-25(19)21)28-18-20-6-10-23(11-7-20)26(2,3)4/h5-7,10-14,16H,8-9,15,17-18H2,1-4H3. The lowest BCUT2D eigenvalue weighted by Crippen LogP contribution is -2.27. The Morgan fingerprint density at radius 1 is 1.00 bits per heavy atom. The van der Waals surface area contributed by atoms with Crippen LogP contribution in [0, 0.1) is 0 Å². The van der Waals surface area contributed by atoms with Gasteiger partial charge in [0.1, 0.15) is 12.4 Å². The predicted molar refractivity (Wildman–Crippen MR) is 118 cm³/mol. The highest BCUT2D eigenvalue weighted by atomic mass is 16.5. The van der Waals surface area contributed by atoms with Crippen molar-refractivity contribution < 1.29 is 4.74 Å². The number of aryl methyl sites for hydroxylation is 1. The lowest BCUT2D eigenvalue weighted by atomic mass is 9.86. The zero-order valence-electron chi connectivity index (χ0n) is 17.6. The van der Waals surface area contributed by atoms with E-state index in [1.54, 1.807) is 5.57 Å². The zero-order chi connectivity index (χ0) is 19.7. The summed E-state index contributed by atoms with van der Waals surface area (Å²) in [5.74, 6) is 0.973. The quantitative estimate of drug-likeness (QED) is 0.627. The Morgan fingerprint density at radius 3 is 2.39 bits per heavy atom. The van der Waals surface area contributed by atoms with Crippen molar-refractivity contribution in [3.8, 4) is 5.75 Å². The van der Waals surface area contributed by atoms with E-state index in [0.717, 1.165) is 31.7 Å². The van der Waals surface area contributed by atoms with Crippen molar-refractivity contribution in [2.24, 2.45) is 0 Å². The van der Waals surface area contributed by atoms with Crippen LogP contribution in [0.3, 0.4) is 0 Å². The van der Waals surface area contributed by atoms with Crippen LogP contribution in [0.4, 0.5) is 0 Å². The molecule has 1 aliphatic heterocycles. The normalized spacial score (nSPS) is 16.1. The Kier molecular flexibility index (Phi) is 5.05. The third kappa shape index (κ3) is 4.01. The lowest BCUT2D eigenvalue weighted by Gasteiger charge is -2.30. The monoisotopic (exact) mass is 373 g/mol. The summed E-state index contributed by atoms with van der Waals surface area (Å²) in [6.07, 6.45) is 6.67. The molecule has 0 radical (unpaired) electrons. The van der Waals surface area contributed by atoms with E-state index < -0.39 is 0 Å². The molecule has 28 heavy (non-hydrogen) atoms. The number of allylic oxidation sites excluding steroid dienone is 1. The molecule has 2 heteroatoms. The van der Waals surface area contributed by atoms with Gasteiger partial charge in [0.15, 0.2) is 0 Å². The fourth-order valence-corrected chi connectivity index (χ4v) is 3.98. The van der Waals surface area contributed by atoms with Gasteiger partial charge in [-0.25, -0.2) is 0 Å². The number of ether oxygens (including phenoxy) is 1. The van der Waals surface area contributed by atoms with Gasteiger partial charge >= 0.3 is 0 Å². The molecule has 146 valence electrons. The van der Waals surface area contributed by atoms with Crippen LogP contribution >= 0.6 is 0 Å². The van der Waals surface area contributed by atoms with Gasteiger partial charge in [-0.15, -0.1) is 0 Å². The van der Waals surface area contributed by atoms with Crippen molar-refractivity contribution in [3.63, 3.8) is 0 Å². The second-order valence-electron chi connectivity index (χ2n) is 9.10. The summed E-state index contributed by atoms with van der Waals surface area (Å²) < 4.78 is 6.10. The predicted octanol–water partition coefficient (Wildman–Crippen LogP) is 6.11. The van der Waals surface area contributed by atoms with Gasteiger partial charge in [0.05, 0.1) is 0 Å². The van der Waals surface area contributed by atoms with E-state index >= 15 is 0 Å². The summed E-state index contributed by atoms with van der Waals surface area (Å²) in [6, 6.07) is 15.4. The van der Waals surface area contributed by atoms with Gasteiger partial charge in [-0.3, -0.25) is 0 Å². The van der Waals surface area contributed by atoms with E-state index in [1.165, 1.54) is 27.8 Å². The van der Waals surface area contributed by atoms with Crippen LogP contribution in [0.5, 0.6) is 5.75 Å². The Labute approximate surface area is 169 Å². The molecule has 0 spiro atoms. The first-order chi connectivity index (χ1) is 13.4. The highest BCUT2D eigenvalue weighted by Gasteiger charge is 2.19. The van der Waals surface area contributed by atoms with Gasteiger partial charge in [-0.1, -0.05) is 51.1 Å². The van der Waals surface area contributed by atoms with E-state index in [-0.39, 0.29) is 5.41 Å². The van der Waals surface area contributed by atoms with Crippen LogP contribution < -0.4 is 4.74 Å². The summed E-state index contributed by atoms with van der Waals surface area (Å²) >= 11 is 0. The first-order valence-electron chi connectivity index (χ1n) is 10.3. The highest BCUT2D eigenvalue weighted by Crippen LogP contribution is 2.34. The average molecular weight is 374 g/mol. The third-order valence-electron chi connectivity index (χ3n) is 5.98. The fraction of sp³-hybridized carbons (Fsp3) is 0.385. The minimum Gasteiger partial charge on any atom is -0.489 e. The highest BCUT2D eigenvalue weighted by molar-refractivity contribution is 5.72. The van der Waals surface area contributed by atoms with Crippen molar-refractivity contribution in [1.82, 2.24) is 4.90 Å². The molecule has 0 atom stereocenters. The Hall–Kier alpha value is -2.48. The summed E-state index contributed by atoms with van der Waals surface area (Å²) in [5.41, 5.74) is 8.60. The molecule has 0 fully saturated rings. The largest absolute Gasteiger partial charge is 0.489 e. The van der Waals surface area contributed by atoms with Crippen molar-refractivity contribution in [3.05, 3.63) is 82.6 Å². The number of fused-ring (bicyclic) bond motifs is 1. The summed E-state index contributed by atoms with van der Waals surface area (Å²) in [7, 11) is 0. The average Bonchev–Trinajstić information content (AvgIpc) is 2.64. The molecule has 1 aliphatic carbocycles. The minimum absolute atomic E-state index is 0.189. The number of hydrogen-bond donors (Lipinski definition) is 0. The molecule has 2 aliphatic rings. The molecule has 1 heterocycles. The van der Waals surface area contributed by atoms with E-state index in [0.29, 0.717) is 6.61 Å². The first kappa shape index (κ1) is 18.9. The topological polar surface area (TPSA) is 12.5 Å². The Bertz CT molecular complexity index is 912. The number of benzene rings is 2. The summed E-state index contributed by atoms with van der Waals surface area (Å²) in [5, 5.41) is 0. The van der Waals surface area contributed by atoms with Crippen molar-refractivity contribution in [2.45, 2.75) is 52.6 Å². The van der Waals surface area contributed by atoms with Crippen molar-refractivity contribution in [2.75, 3.05) is 13.1 Å². The van der Waals surface area contributed by atoms with E-state index in [4.69, 9.17) is 4.74 Å². The second kappa shape index (κ2) is 7.50. The first-order valence-corrected chi connectivity index (χ1v) is 10.3. The van der Waals surface area contributed by atoms with Crippen molar-refractivity contribution >= 4 is 5.57 Å². The number of hydrogen-bond acceptors (Lipinski definition) is 2. The van der Waals surface area contributed by atoms with E-state index in [2.05, 4.69) is 87.3 Å². The zero-order valence-corrected chi connectivity index (χ0v) is 17.6. The maximum atomic E-state index is 6.10. The molecule has 4 rings (SSSR count). The molecule has 0 saturated heterocycles. The van der Waals surface area contributed by atoms with Crippen LogP contribution in [0.25, 0.3) is 5.57 Å². The Balaban J connectivity index is 1.43. The lowest BCUT2D eigenvalue weighted by molar-refractivity contribution is 0.305. The minimum atomic E-state index is 0.189. The SMILES string of the molecule is CC1=C(CN2C=CC2)CCc2cc(OCc3ccc(C(C)(C)C)cc3)ccc21. The molecule has 2 aromatic carbocycles. The van der Waals surface area contributed by atoms with Gasteiger partial charge in [0.2, 0.25) is 0 Å². The van der Waals surface area contributed by atoms with Gasteiger partial charge in [0, 0.05) is 13.1 Å². The second-order valence-corrected chi connectivity index (χ2v) is 9.10. The molecule has 0 amide bonds.